The number of hydrogen-bond donors (Lipinski definition) is 1. The Balaban J connectivity index is 1.62. The summed E-state index contributed by atoms with van der Waals surface area (Å²) in [6, 6.07) is 5.02. The molecule has 0 bridgehead atoms. The molecular formula is C20H23F2N5O2. The number of rotatable bonds is 3. The van der Waals surface area contributed by atoms with Gasteiger partial charge >= 0.3 is 0 Å². The van der Waals surface area contributed by atoms with Gasteiger partial charge in [-0.25, -0.2) is 29.2 Å². The highest BCUT2D eigenvalue weighted by atomic mass is 19.3. The Morgan fingerprint density at radius 2 is 2.14 bits per heavy atom. The SMILES string of the molecule is COc1ccc(C(=O)N2CC(C3=CC(C)=NC4=NCNN34)CC(F)(F)C2)c(C)c1. The third-order valence-electron chi connectivity index (χ3n) is 5.32. The summed E-state index contributed by atoms with van der Waals surface area (Å²) < 4.78 is 34.5. The summed E-state index contributed by atoms with van der Waals surface area (Å²) in [4.78, 5) is 22.9. The molecule has 0 aromatic heterocycles. The predicted molar refractivity (Wildman–Crippen MR) is 105 cm³/mol. The molecule has 1 saturated heterocycles. The van der Waals surface area contributed by atoms with Gasteiger partial charge in [0.15, 0.2) is 0 Å². The lowest BCUT2D eigenvalue weighted by atomic mass is 9.90. The van der Waals surface area contributed by atoms with Crippen molar-refractivity contribution in [1.82, 2.24) is 15.3 Å². The predicted octanol–water partition coefficient (Wildman–Crippen LogP) is 2.59. The summed E-state index contributed by atoms with van der Waals surface area (Å²) in [6.07, 6.45) is 1.45. The number of benzene rings is 1. The molecule has 3 aliphatic heterocycles. The van der Waals surface area contributed by atoms with Gasteiger partial charge in [-0.3, -0.25) is 4.79 Å². The van der Waals surface area contributed by atoms with E-state index in [-0.39, 0.29) is 13.0 Å². The molecule has 0 aliphatic carbocycles. The fraction of sp³-hybridized carbons (Fsp3) is 0.450. The van der Waals surface area contributed by atoms with Crippen LogP contribution < -0.4 is 10.2 Å². The van der Waals surface area contributed by atoms with Crippen LogP contribution in [0.4, 0.5) is 8.78 Å². The minimum absolute atomic E-state index is 0.199. The number of hydrazine groups is 1. The summed E-state index contributed by atoms with van der Waals surface area (Å²) >= 11 is 0. The molecule has 1 unspecified atom stereocenters. The number of aryl methyl sites for hydroxylation is 1. The first-order valence-corrected chi connectivity index (χ1v) is 9.44. The zero-order valence-electron chi connectivity index (χ0n) is 16.6. The Morgan fingerprint density at radius 1 is 1.34 bits per heavy atom. The largest absolute Gasteiger partial charge is 0.497 e. The molecule has 7 nitrogen and oxygen atoms in total. The van der Waals surface area contributed by atoms with Gasteiger partial charge in [-0.1, -0.05) is 0 Å². The second-order valence-electron chi connectivity index (χ2n) is 7.56. The molecule has 0 radical (unpaired) electrons. The molecule has 0 spiro atoms. The number of piperidine rings is 1. The molecule has 0 saturated carbocycles. The Kier molecular flexibility index (Phi) is 4.85. The van der Waals surface area contributed by atoms with Crippen molar-refractivity contribution in [1.29, 1.82) is 0 Å². The van der Waals surface area contributed by atoms with E-state index in [1.807, 2.05) is 6.92 Å². The van der Waals surface area contributed by atoms with Crippen molar-refractivity contribution in [2.75, 3.05) is 26.9 Å². The second-order valence-corrected chi connectivity index (χ2v) is 7.56. The van der Waals surface area contributed by atoms with E-state index < -0.39 is 24.3 Å². The molecule has 1 N–H and O–H groups in total. The van der Waals surface area contributed by atoms with E-state index in [1.165, 1.54) is 4.90 Å². The lowest BCUT2D eigenvalue weighted by molar-refractivity contribution is -0.0724. The summed E-state index contributed by atoms with van der Waals surface area (Å²) in [5.74, 6) is -2.84. The number of alkyl halides is 2. The van der Waals surface area contributed by atoms with E-state index in [0.29, 0.717) is 40.9 Å². The van der Waals surface area contributed by atoms with E-state index in [1.54, 1.807) is 43.3 Å². The number of carbonyl (C=O) groups excluding carboxylic acids is 1. The third kappa shape index (κ3) is 3.74. The number of ether oxygens (including phenoxy) is 1. The number of nitrogens with one attached hydrogen (secondary N) is 1. The average Bonchev–Trinajstić information content (AvgIpc) is 3.13. The number of allylic oxidation sites excluding steroid dienone is 1. The number of aliphatic imine (C=N–C) groups is 2. The maximum Gasteiger partial charge on any atom is 0.266 e. The minimum atomic E-state index is -2.99. The number of halogens is 2. The van der Waals surface area contributed by atoms with Crippen LogP contribution in [-0.4, -0.2) is 60.3 Å². The molecule has 4 rings (SSSR count). The van der Waals surface area contributed by atoms with Crippen molar-refractivity contribution in [3.05, 3.63) is 41.1 Å². The van der Waals surface area contributed by atoms with Gasteiger partial charge in [0.1, 0.15) is 12.4 Å². The lowest BCUT2D eigenvalue weighted by Crippen LogP contribution is -2.53. The van der Waals surface area contributed by atoms with Gasteiger partial charge in [0.05, 0.1) is 13.7 Å². The molecule has 3 aliphatic rings. The first kappa shape index (κ1) is 19.5. The van der Waals surface area contributed by atoms with Crippen molar-refractivity contribution in [3.63, 3.8) is 0 Å². The van der Waals surface area contributed by atoms with Gasteiger partial charge in [0.2, 0.25) is 5.96 Å². The fourth-order valence-electron chi connectivity index (χ4n) is 4.00. The number of likely N-dealkylation sites (tertiary alicyclic amines) is 1. The van der Waals surface area contributed by atoms with Gasteiger partial charge in [-0.2, -0.15) is 0 Å². The quantitative estimate of drug-likeness (QED) is 0.842. The summed E-state index contributed by atoms with van der Waals surface area (Å²) in [5, 5.41) is 1.65. The highest BCUT2D eigenvalue weighted by Gasteiger charge is 2.45. The van der Waals surface area contributed by atoms with Crippen LogP contribution in [0.25, 0.3) is 0 Å². The highest BCUT2D eigenvalue weighted by molar-refractivity contribution is 6.05. The van der Waals surface area contributed by atoms with E-state index in [2.05, 4.69) is 15.4 Å². The number of fused-ring (bicyclic) bond motifs is 1. The van der Waals surface area contributed by atoms with Gasteiger partial charge < -0.3 is 9.64 Å². The van der Waals surface area contributed by atoms with Gasteiger partial charge in [-0.15, -0.1) is 0 Å². The second kappa shape index (κ2) is 7.22. The molecular weight excluding hydrogens is 380 g/mol. The molecule has 154 valence electrons. The summed E-state index contributed by atoms with van der Waals surface area (Å²) in [5.41, 5.74) is 5.50. The third-order valence-corrected chi connectivity index (χ3v) is 5.32. The van der Waals surface area contributed by atoms with Crippen molar-refractivity contribution < 1.29 is 18.3 Å². The summed E-state index contributed by atoms with van der Waals surface area (Å²) in [7, 11) is 1.54. The smallest absolute Gasteiger partial charge is 0.266 e. The first-order valence-electron chi connectivity index (χ1n) is 9.44. The van der Waals surface area contributed by atoms with Crippen LogP contribution >= 0.6 is 0 Å². The van der Waals surface area contributed by atoms with Crippen LogP contribution in [0.15, 0.2) is 40.0 Å². The minimum Gasteiger partial charge on any atom is -0.497 e. The van der Waals surface area contributed by atoms with Crippen LogP contribution in [0.2, 0.25) is 0 Å². The topological polar surface area (TPSA) is 69.5 Å². The van der Waals surface area contributed by atoms with Crippen LogP contribution in [0.1, 0.15) is 29.3 Å². The Morgan fingerprint density at radius 3 is 2.86 bits per heavy atom. The number of hydrogen-bond acceptors (Lipinski definition) is 6. The molecule has 9 heteroatoms. The van der Waals surface area contributed by atoms with Crippen LogP contribution in [-0.2, 0) is 0 Å². The molecule has 29 heavy (non-hydrogen) atoms. The zero-order valence-corrected chi connectivity index (χ0v) is 16.6. The first-order chi connectivity index (χ1) is 13.8. The summed E-state index contributed by atoms with van der Waals surface area (Å²) in [6.45, 7) is 3.53. The van der Waals surface area contributed by atoms with Crippen molar-refractivity contribution in [2.24, 2.45) is 15.9 Å². The van der Waals surface area contributed by atoms with Crippen molar-refractivity contribution in [2.45, 2.75) is 26.2 Å². The van der Waals surface area contributed by atoms with Crippen molar-refractivity contribution >= 4 is 17.6 Å². The number of amides is 1. The number of methoxy groups -OCH3 is 1. The number of guanidine groups is 1. The number of carbonyl (C=O) groups is 1. The van der Waals surface area contributed by atoms with Gasteiger partial charge in [0.25, 0.3) is 11.8 Å². The Hall–Kier alpha value is -2.81. The highest BCUT2D eigenvalue weighted by Crippen LogP contribution is 2.37. The monoisotopic (exact) mass is 403 g/mol. The van der Waals surface area contributed by atoms with E-state index in [0.717, 1.165) is 0 Å². The Labute approximate surface area is 167 Å². The molecule has 1 fully saturated rings. The van der Waals surface area contributed by atoms with Crippen LogP contribution in [0.5, 0.6) is 5.75 Å². The van der Waals surface area contributed by atoms with Crippen LogP contribution in [0.3, 0.4) is 0 Å². The average molecular weight is 403 g/mol. The van der Waals surface area contributed by atoms with E-state index >= 15 is 0 Å². The molecule has 3 heterocycles. The zero-order chi connectivity index (χ0) is 20.8. The standard InChI is InChI=1S/C20H23F2N5O2/c1-12-6-15(29-3)4-5-16(12)18(28)26-9-14(8-20(21,22)10-26)17-7-13(2)25-19-23-11-24-27(17)19/h4-7,14,24H,8-11H2,1-3H3. The molecule has 1 atom stereocenters. The normalized spacial score (nSPS) is 23.2. The van der Waals surface area contributed by atoms with Crippen LogP contribution in [0, 0.1) is 12.8 Å². The maximum absolute atomic E-state index is 14.7. The number of nitrogens with zero attached hydrogens (tertiary/aromatic N) is 4. The molecule has 1 aromatic rings. The van der Waals surface area contributed by atoms with Gasteiger partial charge in [0, 0.05) is 35.9 Å². The molecule has 1 aromatic carbocycles. The van der Waals surface area contributed by atoms with E-state index in [4.69, 9.17) is 4.74 Å². The lowest BCUT2D eigenvalue weighted by Gasteiger charge is -2.41. The van der Waals surface area contributed by atoms with Crippen molar-refractivity contribution in [3.8, 4) is 5.75 Å². The van der Waals surface area contributed by atoms with Gasteiger partial charge in [-0.05, 0) is 43.7 Å². The Bertz CT molecular complexity index is 941. The molecule has 1 amide bonds. The van der Waals surface area contributed by atoms with E-state index in [9.17, 15) is 13.6 Å². The fourth-order valence-corrected chi connectivity index (χ4v) is 4.00. The maximum atomic E-state index is 14.7.